The van der Waals surface area contributed by atoms with Crippen molar-refractivity contribution in [3.05, 3.63) is 29.8 Å². The molecule has 1 aromatic carbocycles. The van der Waals surface area contributed by atoms with Gasteiger partial charge in [-0.05, 0) is 45.7 Å². The summed E-state index contributed by atoms with van der Waals surface area (Å²) in [7, 11) is 0. The highest BCUT2D eigenvalue weighted by Gasteiger charge is 2.12. The molecule has 0 heterocycles. The molecule has 0 fully saturated rings. The SMILES string of the molecule is CC(N)CCCC(=O)c1ccccc1OC(C)C. The minimum Gasteiger partial charge on any atom is -0.490 e. The van der Waals surface area contributed by atoms with E-state index >= 15 is 0 Å². The number of nitrogens with two attached hydrogens (primary N) is 1. The zero-order chi connectivity index (χ0) is 13.5. The standard InChI is InChI=1S/C15H23NO2/c1-11(2)18-15-10-5-4-8-13(15)14(17)9-6-7-12(3)16/h4-5,8,10-12H,6-7,9,16H2,1-3H3. The molecule has 0 amide bonds. The lowest BCUT2D eigenvalue weighted by atomic mass is 10.0. The molecule has 0 bridgehead atoms. The maximum Gasteiger partial charge on any atom is 0.166 e. The maximum absolute atomic E-state index is 12.1. The second-order valence-corrected chi connectivity index (χ2v) is 4.96. The molecule has 0 aromatic heterocycles. The third-order valence-corrected chi connectivity index (χ3v) is 2.61. The minimum absolute atomic E-state index is 0.0722. The van der Waals surface area contributed by atoms with Gasteiger partial charge in [0.15, 0.2) is 5.78 Å². The monoisotopic (exact) mass is 249 g/mol. The molecule has 0 saturated heterocycles. The number of benzene rings is 1. The Morgan fingerprint density at radius 1 is 1.28 bits per heavy atom. The highest BCUT2D eigenvalue weighted by atomic mass is 16.5. The van der Waals surface area contributed by atoms with Crippen LogP contribution in [-0.4, -0.2) is 17.9 Å². The number of carbonyl (C=O) groups is 1. The van der Waals surface area contributed by atoms with Gasteiger partial charge in [-0.3, -0.25) is 4.79 Å². The largest absolute Gasteiger partial charge is 0.490 e. The van der Waals surface area contributed by atoms with E-state index in [0.717, 1.165) is 12.8 Å². The smallest absolute Gasteiger partial charge is 0.166 e. The van der Waals surface area contributed by atoms with E-state index in [9.17, 15) is 4.79 Å². The van der Waals surface area contributed by atoms with Gasteiger partial charge in [0.25, 0.3) is 0 Å². The van der Waals surface area contributed by atoms with E-state index in [1.807, 2.05) is 45.0 Å². The van der Waals surface area contributed by atoms with Crippen LogP contribution >= 0.6 is 0 Å². The van der Waals surface area contributed by atoms with Crippen LogP contribution in [0.5, 0.6) is 5.75 Å². The lowest BCUT2D eigenvalue weighted by Crippen LogP contribution is -2.15. The van der Waals surface area contributed by atoms with E-state index in [2.05, 4.69) is 0 Å². The molecule has 0 saturated carbocycles. The van der Waals surface area contributed by atoms with Crippen molar-refractivity contribution in [3.63, 3.8) is 0 Å². The number of ketones is 1. The van der Waals surface area contributed by atoms with Gasteiger partial charge in [0.1, 0.15) is 5.75 Å². The molecule has 0 radical (unpaired) electrons. The first-order chi connectivity index (χ1) is 8.50. The summed E-state index contributed by atoms with van der Waals surface area (Å²) in [5, 5.41) is 0. The third kappa shape index (κ3) is 4.88. The summed E-state index contributed by atoms with van der Waals surface area (Å²) >= 11 is 0. The molecule has 1 aromatic rings. The Balaban J connectivity index is 2.66. The van der Waals surface area contributed by atoms with Gasteiger partial charge in [0.2, 0.25) is 0 Å². The van der Waals surface area contributed by atoms with Crippen LogP contribution < -0.4 is 10.5 Å². The number of Topliss-reactive ketones (excluding diaryl/α,β-unsaturated/α-hetero) is 1. The van der Waals surface area contributed by atoms with Gasteiger partial charge in [0, 0.05) is 12.5 Å². The fraction of sp³-hybridized carbons (Fsp3) is 0.533. The summed E-state index contributed by atoms with van der Waals surface area (Å²) in [6.45, 7) is 5.87. The summed E-state index contributed by atoms with van der Waals surface area (Å²) < 4.78 is 5.65. The molecule has 18 heavy (non-hydrogen) atoms. The molecular weight excluding hydrogens is 226 g/mol. The molecule has 0 aliphatic heterocycles. The number of para-hydroxylation sites is 1. The first-order valence-electron chi connectivity index (χ1n) is 6.55. The van der Waals surface area contributed by atoms with Gasteiger partial charge in [-0.1, -0.05) is 12.1 Å². The number of hydrogen-bond donors (Lipinski definition) is 1. The average Bonchev–Trinajstić information content (AvgIpc) is 2.28. The van der Waals surface area contributed by atoms with Crippen LogP contribution in [0, 0.1) is 0 Å². The van der Waals surface area contributed by atoms with Crippen LogP contribution in [0.3, 0.4) is 0 Å². The van der Waals surface area contributed by atoms with E-state index in [1.165, 1.54) is 0 Å². The van der Waals surface area contributed by atoms with Gasteiger partial charge in [0.05, 0.1) is 11.7 Å². The maximum atomic E-state index is 12.1. The van der Waals surface area contributed by atoms with Crippen LogP contribution in [-0.2, 0) is 0 Å². The van der Waals surface area contributed by atoms with Crippen molar-refractivity contribution in [1.82, 2.24) is 0 Å². The fourth-order valence-corrected chi connectivity index (χ4v) is 1.77. The van der Waals surface area contributed by atoms with E-state index in [0.29, 0.717) is 17.7 Å². The van der Waals surface area contributed by atoms with Gasteiger partial charge >= 0.3 is 0 Å². The highest BCUT2D eigenvalue weighted by molar-refractivity contribution is 5.98. The molecular formula is C15H23NO2. The van der Waals surface area contributed by atoms with Gasteiger partial charge in [-0.2, -0.15) is 0 Å². The Labute approximate surface area is 109 Å². The van der Waals surface area contributed by atoms with Crippen molar-refractivity contribution < 1.29 is 9.53 Å². The summed E-state index contributed by atoms with van der Waals surface area (Å²) in [5.41, 5.74) is 6.35. The highest BCUT2D eigenvalue weighted by Crippen LogP contribution is 2.21. The summed E-state index contributed by atoms with van der Waals surface area (Å²) in [4.78, 5) is 12.1. The Hall–Kier alpha value is -1.35. The first-order valence-corrected chi connectivity index (χ1v) is 6.55. The normalized spacial score (nSPS) is 12.5. The zero-order valence-corrected chi connectivity index (χ0v) is 11.5. The first kappa shape index (κ1) is 14.7. The number of hydrogen-bond acceptors (Lipinski definition) is 3. The van der Waals surface area contributed by atoms with Crippen molar-refractivity contribution in [2.45, 2.75) is 52.2 Å². The second-order valence-electron chi connectivity index (χ2n) is 4.96. The number of carbonyl (C=O) groups excluding carboxylic acids is 1. The molecule has 3 heteroatoms. The van der Waals surface area contributed by atoms with E-state index < -0.39 is 0 Å². The van der Waals surface area contributed by atoms with Crippen LogP contribution in [0.4, 0.5) is 0 Å². The Morgan fingerprint density at radius 2 is 1.94 bits per heavy atom. The predicted octanol–water partition coefficient (Wildman–Crippen LogP) is 3.17. The van der Waals surface area contributed by atoms with Crippen molar-refractivity contribution in [2.24, 2.45) is 5.73 Å². The number of rotatable bonds is 7. The summed E-state index contributed by atoms with van der Waals surface area (Å²) in [6, 6.07) is 7.58. The molecule has 1 atom stereocenters. The molecule has 1 rings (SSSR count). The average molecular weight is 249 g/mol. The number of ether oxygens (including phenoxy) is 1. The van der Waals surface area contributed by atoms with E-state index in [-0.39, 0.29) is 17.9 Å². The van der Waals surface area contributed by atoms with Crippen LogP contribution in [0.15, 0.2) is 24.3 Å². The molecule has 3 nitrogen and oxygen atoms in total. The van der Waals surface area contributed by atoms with Crippen LogP contribution in [0.25, 0.3) is 0 Å². The van der Waals surface area contributed by atoms with Gasteiger partial charge < -0.3 is 10.5 Å². The quantitative estimate of drug-likeness (QED) is 0.755. The predicted molar refractivity (Wildman–Crippen MR) is 74.0 cm³/mol. The van der Waals surface area contributed by atoms with E-state index in [4.69, 9.17) is 10.5 Å². The van der Waals surface area contributed by atoms with Crippen molar-refractivity contribution in [3.8, 4) is 5.75 Å². The summed E-state index contributed by atoms with van der Waals surface area (Å²) in [5.74, 6) is 0.810. The fourth-order valence-electron chi connectivity index (χ4n) is 1.77. The lowest BCUT2D eigenvalue weighted by Gasteiger charge is -2.13. The second kappa shape index (κ2) is 7.17. The molecule has 0 aliphatic carbocycles. The van der Waals surface area contributed by atoms with E-state index in [1.54, 1.807) is 0 Å². The Kier molecular flexibility index (Phi) is 5.86. The van der Waals surface area contributed by atoms with Crippen molar-refractivity contribution >= 4 is 5.78 Å². The lowest BCUT2D eigenvalue weighted by molar-refractivity contribution is 0.0973. The third-order valence-electron chi connectivity index (χ3n) is 2.61. The molecule has 2 N–H and O–H groups in total. The van der Waals surface area contributed by atoms with Crippen LogP contribution in [0.1, 0.15) is 50.4 Å². The molecule has 0 spiro atoms. The molecule has 0 aliphatic rings. The van der Waals surface area contributed by atoms with Crippen molar-refractivity contribution in [1.29, 1.82) is 0 Å². The minimum atomic E-state index is 0.0722. The zero-order valence-electron chi connectivity index (χ0n) is 11.5. The molecule has 100 valence electrons. The summed E-state index contributed by atoms with van der Waals surface area (Å²) in [6.07, 6.45) is 2.30. The molecule has 1 unspecified atom stereocenters. The van der Waals surface area contributed by atoms with Gasteiger partial charge in [-0.15, -0.1) is 0 Å². The van der Waals surface area contributed by atoms with Crippen LogP contribution in [0.2, 0.25) is 0 Å². The van der Waals surface area contributed by atoms with Gasteiger partial charge in [-0.25, -0.2) is 0 Å². The Bertz CT molecular complexity index is 386. The topological polar surface area (TPSA) is 52.3 Å². The van der Waals surface area contributed by atoms with Crippen molar-refractivity contribution in [2.75, 3.05) is 0 Å². The Morgan fingerprint density at radius 3 is 2.56 bits per heavy atom.